The van der Waals surface area contributed by atoms with Gasteiger partial charge in [0.25, 0.3) is 0 Å². The van der Waals surface area contributed by atoms with E-state index < -0.39 is 61.6 Å². The average Bonchev–Trinajstić information content (AvgIpc) is 2.52. The largest absolute Gasteiger partial charge is 0.431 e. The Morgan fingerprint density at radius 3 is 2.23 bits per heavy atom. The van der Waals surface area contributed by atoms with Gasteiger partial charge >= 0.3 is 5.97 Å². The Balaban J connectivity index is 2.62. The van der Waals surface area contributed by atoms with Gasteiger partial charge in [0.2, 0.25) is 6.29 Å². The fraction of sp³-hybridized carbons (Fsp3) is 0.818. The average molecular weight is 326 g/mol. The SMILES string of the molecule is O=C[C@H](O)[C@@H](O)[C@@H](O)[C@H](O)C(=O)OC1OC[C@@H](O)[C@H](O)[C@H]1O. The summed E-state index contributed by atoms with van der Waals surface area (Å²) in [5.41, 5.74) is 0. The maximum absolute atomic E-state index is 11.6. The highest BCUT2D eigenvalue weighted by Crippen LogP contribution is 2.18. The van der Waals surface area contributed by atoms with Crippen LogP contribution in [-0.2, 0) is 19.1 Å². The first-order chi connectivity index (χ1) is 10.2. The van der Waals surface area contributed by atoms with E-state index in [-0.39, 0.29) is 6.29 Å². The number of carbonyl (C=O) groups excluding carboxylic acids is 2. The van der Waals surface area contributed by atoms with Crippen LogP contribution in [0.3, 0.4) is 0 Å². The summed E-state index contributed by atoms with van der Waals surface area (Å²) in [5, 5.41) is 65.3. The maximum atomic E-state index is 11.6. The summed E-state index contributed by atoms with van der Waals surface area (Å²) < 4.78 is 9.23. The van der Waals surface area contributed by atoms with Crippen molar-refractivity contribution in [1.29, 1.82) is 0 Å². The van der Waals surface area contributed by atoms with Crippen LogP contribution in [0.5, 0.6) is 0 Å². The molecule has 7 N–H and O–H groups in total. The molecular formula is C11H18O11. The van der Waals surface area contributed by atoms with Gasteiger partial charge in [0.15, 0.2) is 12.4 Å². The Kier molecular flexibility index (Phi) is 6.77. The molecule has 1 aliphatic heterocycles. The molecule has 128 valence electrons. The minimum absolute atomic E-state index is 0.113. The molecule has 11 nitrogen and oxygen atoms in total. The van der Waals surface area contributed by atoms with E-state index in [4.69, 9.17) is 9.84 Å². The second kappa shape index (κ2) is 7.89. The van der Waals surface area contributed by atoms with Gasteiger partial charge in [0.1, 0.15) is 36.6 Å². The van der Waals surface area contributed by atoms with Gasteiger partial charge in [0.05, 0.1) is 6.61 Å². The molecule has 0 saturated carbocycles. The van der Waals surface area contributed by atoms with Crippen LogP contribution in [0.15, 0.2) is 0 Å². The van der Waals surface area contributed by atoms with E-state index >= 15 is 0 Å². The first-order valence-electron chi connectivity index (χ1n) is 6.24. The van der Waals surface area contributed by atoms with E-state index in [0.29, 0.717) is 0 Å². The lowest BCUT2D eigenvalue weighted by Gasteiger charge is -2.35. The Morgan fingerprint density at radius 2 is 1.68 bits per heavy atom. The van der Waals surface area contributed by atoms with E-state index in [1.54, 1.807) is 0 Å². The third kappa shape index (κ3) is 4.18. The van der Waals surface area contributed by atoms with Crippen LogP contribution in [0.1, 0.15) is 0 Å². The van der Waals surface area contributed by atoms with Crippen LogP contribution in [0.25, 0.3) is 0 Å². The van der Waals surface area contributed by atoms with Crippen LogP contribution in [-0.4, -0.2) is 104 Å². The molecular weight excluding hydrogens is 308 g/mol. The van der Waals surface area contributed by atoms with E-state index in [1.165, 1.54) is 0 Å². The molecule has 11 heteroatoms. The molecule has 0 aromatic heterocycles. The Bertz CT molecular complexity index is 388. The van der Waals surface area contributed by atoms with Crippen molar-refractivity contribution in [3.05, 3.63) is 0 Å². The molecule has 1 unspecified atom stereocenters. The van der Waals surface area contributed by atoms with Crippen molar-refractivity contribution in [2.24, 2.45) is 0 Å². The van der Waals surface area contributed by atoms with Gasteiger partial charge in [-0.2, -0.15) is 0 Å². The number of ether oxygens (including phenoxy) is 2. The molecule has 0 radical (unpaired) electrons. The van der Waals surface area contributed by atoms with Crippen molar-refractivity contribution in [1.82, 2.24) is 0 Å². The summed E-state index contributed by atoms with van der Waals surface area (Å²) in [5.74, 6) is -1.54. The number of rotatable bonds is 6. The molecule has 8 atom stereocenters. The Morgan fingerprint density at radius 1 is 1.09 bits per heavy atom. The van der Waals surface area contributed by atoms with E-state index in [1.807, 2.05) is 0 Å². The van der Waals surface area contributed by atoms with E-state index in [9.17, 15) is 40.2 Å². The van der Waals surface area contributed by atoms with E-state index in [0.717, 1.165) is 0 Å². The van der Waals surface area contributed by atoms with Crippen LogP contribution in [0.2, 0.25) is 0 Å². The Labute approximate surface area is 123 Å². The number of hydrogen-bond donors (Lipinski definition) is 7. The van der Waals surface area contributed by atoms with Crippen molar-refractivity contribution >= 4 is 12.3 Å². The molecule has 22 heavy (non-hydrogen) atoms. The summed E-state index contributed by atoms with van der Waals surface area (Å²) in [6, 6.07) is 0. The van der Waals surface area contributed by atoms with Crippen LogP contribution < -0.4 is 0 Å². The van der Waals surface area contributed by atoms with Gasteiger partial charge in [0, 0.05) is 0 Å². The number of carbonyl (C=O) groups is 2. The van der Waals surface area contributed by atoms with Crippen molar-refractivity contribution in [2.45, 2.75) is 49.0 Å². The molecule has 1 saturated heterocycles. The van der Waals surface area contributed by atoms with Crippen LogP contribution in [0, 0.1) is 0 Å². The second-order valence-electron chi connectivity index (χ2n) is 4.74. The first kappa shape index (κ1) is 18.9. The number of hydrogen-bond acceptors (Lipinski definition) is 11. The predicted molar refractivity (Wildman–Crippen MR) is 63.9 cm³/mol. The van der Waals surface area contributed by atoms with Gasteiger partial charge in [-0.15, -0.1) is 0 Å². The molecule has 0 aliphatic carbocycles. The van der Waals surface area contributed by atoms with Gasteiger partial charge in [-0.25, -0.2) is 4.79 Å². The topological polar surface area (TPSA) is 194 Å². The van der Waals surface area contributed by atoms with Gasteiger partial charge < -0.3 is 50.0 Å². The summed E-state index contributed by atoms with van der Waals surface area (Å²) >= 11 is 0. The fourth-order valence-electron chi connectivity index (χ4n) is 1.68. The monoisotopic (exact) mass is 326 g/mol. The number of aliphatic hydroxyl groups is 7. The van der Waals surface area contributed by atoms with Crippen molar-refractivity contribution in [3.63, 3.8) is 0 Å². The van der Waals surface area contributed by atoms with Gasteiger partial charge in [-0.1, -0.05) is 0 Å². The molecule has 1 fully saturated rings. The predicted octanol–water partition coefficient (Wildman–Crippen LogP) is -5.39. The molecule has 1 rings (SSSR count). The standard InChI is InChI=1S/C11H18O11/c12-1-3(13)5(15)7(17)8(18)10(20)22-11-9(19)6(16)4(14)2-21-11/h1,3-9,11,13-19H,2H2/t3-,4+,5+,6-,7+,8-,9+,11?/m0/s1. The lowest BCUT2D eigenvalue weighted by Crippen LogP contribution is -2.56. The maximum Gasteiger partial charge on any atom is 0.340 e. The summed E-state index contributed by atoms with van der Waals surface area (Å²) in [6.07, 6.45) is -15.5. The molecule has 0 aromatic rings. The smallest absolute Gasteiger partial charge is 0.340 e. The molecule has 1 aliphatic rings. The number of aliphatic hydroxyl groups excluding tert-OH is 7. The minimum atomic E-state index is -2.36. The summed E-state index contributed by atoms with van der Waals surface area (Å²) in [7, 11) is 0. The zero-order valence-corrected chi connectivity index (χ0v) is 11.2. The van der Waals surface area contributed by atoms with Crippen molar-refractivity contribution in [3.8, 4) is 0 Å². The van der Waals surface area contributed by atoms with Crippen LogP contribution in [0.4, 0.5) is 0 Å². The quantitative estimate of drug-likeness (QED) is 0.182. The highest BCUT2D eigenvalue weighted by atomic mass is 16.7. The van der Waals surface area contributed by atoms with Gasteiger partial charge in [-0.3, -0.25) is 0 Å². The summed E-state index contributed by atoms with van der Waals surface area (Å²) in [6.45, 7) is -0.457. The zero-order valence-electron chi connectivity index (χ0n) is 11.2. The highest BCUT2D eigenvalue weighted by Gasteiger charge is 2.42. The lowest BCUT2D eigenvalue weighted by atomic mass is 10.0. The van der Waals surface area contributed by atoms with E-state index in [2.05, 4.69) is 4.74 Å². The number of esters is 1. The molecule has 0 amide bonds. The first-order valence-corrected chi connectivity index (χ1v) is 6.24. The second-order valence-corrected chi connectivity index (χ2v) is 4.74. The molecule has 0 spiro atoms. The third-order valence-electron chi connectivity index (χ3n) is 3.09. The molecule has 0 bridgehead atoms. The van der Waals surface area contributed by atoms with Crippen LogP contribution >= 0.6 is 0 Å². The molecule has 1 heterocycles. The third-order valence-corrected chi connectivity index (χ3v) is 3.09. The zero-order chi connectivity index (χ0) is 17.0. The van der Waals surface area contributed by atoms with Gasteiger partial charge in [-0.05, 0) is 0 Å². The van der Waals surface area contributed by atoms with Crippen molar-refractivity contribution in [2.75, 3.05) is 6.61 Å². The number of aldehydes is 1. The highest BCUT2D eigenvalue weighted by molar-refractivity contribution is 5.75. The molecule has 0 aromatic carbocycles. The normalized spacial score (nSPS) is 34.3. The fourth-order valence-corrected chi connectivity index (χ4v) is 1.68. The lowest BCUT2D eigenvalue weighted by molar-refractivity contribution is -0.267. The minimum Gasteiger partial charge on any atom is -0.431 e. The summed E-state index contributed by atoms with van der Waals surface area (Å²) in [4.78, 5) is 21.8. The Hall–Kier alpha value is -1.18. The van der Waals surface area contributed by atoms with Crippen molar-refractivity contribution < 1.29 is 54.8 Å².